The van der Waals surface area contributed by atoms with Crippen LogP contribution >= 0.6 is 0 Å². The zero-order valence-corrected chi connectivity index (χ0v) is 20.5. The van der Waals surface area contributed by atoms with Gasteiger partial charge in [-0.25, -0.2) is 0 Å². The first kappa shape index (κ1) is 24.4. The second-order valence-corrected chi connectivity index (χ2v) is 9.78. The van der Waals surface area contributed by atoms with E-state index < -0.39 is 0 Å². The molecule has 0 aliphatic heterocycles. The van der Waals surface area contributed by atoms with Gasteiger partial charge in [0.1, 0.15) is 13.6 Å². The molecule has 3 rings (SSSR count). The van der Waals surface area contributed by atoms with Gasteiger partial charge >= 0.3 is 0 Å². The molecule has 1 fully saturated rings. The first-order valence-corrected chi connectivity index (χ1v) is 12.3. The van der Waals surface area contributed by atoms with Crippen LogP contribution in [0.3, 0.4) is 0 Å². The summed E-state index contributed by atoms with van der Waals surface area (Å²) in [6.45, 7) is 8.64. The number of hydrogen-bond acceptors (Lipinski definition) is 2. The molecule has 2 aromatic rings. The Morgan fingerprint density at radius 1 is 1.12 bits per heavy atom. The minimum absolute atomic E-state index is 0.00511. The molecule has 3 unspecified atom stereocenters. The number of benzene rings is 2. The predicted octanol–water partition coefficient (Wildman–Crippen LogP) is 6.69. The zero-order valence-electron chi connectivity index (χ0n) is 20.5. The third-order valence-electron chi connectivity index (χ3n) is 7.83. The van der Waals surface area contributed by atoms with Crippen LogP contribution < -0.4 is 0 Å². The van der Waals surface area contributed by atoms with Gasteiger partial charge in [0.25, 0.3) is 0 Å². The molecular weight excluding hydrogens is 391 g/mol. The first-order chi connectivity index (χ1) is 15.4. The van der Waals surface area contributed by atoms with E-state index >= 15 is 0 Å². The van der Waals surface area contributed by atoms with Gasteiger partial charge in [0.05, 0.1) is 12.9 Å². The maximum absolute atomic E-state index is 13.4. The molecule has 0 spiro atoms. The SMILES string of the molecule is BC1(c2ccccc2-c2ccccc2)CC(CCCC)(C(=C)OC)CCCC1C(=O)CC. The quantitative estimate of drug-likeness (QED) is 0.252. The van der Waals surface area contributed by atoms with Crippen molar-refractivity contribution < 1.29 is 9.53 Å². The molecule has 0 saturated heterocycles. The van der Waals surface area contributed by atoms with Crippen LogP contribution in [-0.2, 0) is 14.8 Å². The number of carbonyl (C=O) groups excluding carboxylic acids is 1. The standard InChI is InChI=1S/C29H39BO2/c1-5-7-19-28(22(3)32-4)20-13-18-26(27(31)6-2)29(30,21-28)25-17-12-11-16-24(25)23-14-9-8-10-15-23/h8-12,14-17,26H,3,5-7,13,18-21,30H2,1-2,4H3. The Morgan fingerprint density at radius 3 is 2.47 bits per heavy atom. The molecule has 1 aliphatic rings. The summed E-state index contributed by atoms with van der Waals surface area (Å²) in [5.74, 6) is 1.27. The van der Waals surface area contributed by atoms with Crippen LogP contribution in [0.15, 0.2) is 66.9 Å². The van der Waals surface area contributed by atoms with Gasteiger partial charge in [-0.1, -0.05) is 94.3 Å². The molecule has 0 heterocycles. The number of allylic oxidation sites excluding steroid dienone is 1. The number of ketones is 1. The molecule has 3 heteroatoms. The Morgan fingerprint density at radius 2 is 1.81 bits per heavy atom. The molecule has 32 heavy (non-hydrogen) atoms. The van der Waals surface area contributed by atoms with Crippen LogP contribution in [0, 0.1) is 11.3 Å². The van der Waals surface area contributed by atoms with Crippen molar-refractivity contribution in [2.45, 2.75) is 70.5 Å². The highest BCUT2D eigenvalue weighted by atomic mass is 16.5. The lowest BCUT2D eigenvalue weighted by Crippen LogP contribution is -2.44. The monoisotopic (exact) mass is 430 g/mol. The number of ether oxygens (including phenoxy) is 1. The van der Waals surface area contributed by atoms with E-state index in [-0.39, 0.29) is 16.6 Å². The molecule has 0 amide bonds. The van der Waals surface area contributed by atoms with Gasteiger partial charge in [-0.3, -0.25) is 4.79 Å². The predicted molar refractivity (Wildman–Crippen MR) is 137 cm³/mol. The van der Waals surface area contributed by atoms with Crippen molar-refractivity contribution in [3.05, 3.63) is 72.5 Å². The Labute approximate surface area is 195 Å². The fraction of sp³-hybridized carbons (Fsp3) is 0.483. The average molecular weight is 430 g/mol. The highest BCUT2D eigenvalue weighted by molar-refractivity contribution is 6.19. The fourth-order valence-corrected chi connectivity index (χ4v) is 6.10. The Hall–Kier alpha value is -2.29. The Balaban J connectivity index is 2.21. The molecule has 1 aliphatic carbocycles. The molecule has 0 bridgehead atoms. The lowest BCUT2D eigenvalue weighted by atomic mass is 9.49. The highest BCUT2D eigenvalue weighted by Gasteiger charge is 2.50. The maximum Gasteiger partial charge on any atom is 0.135 e. The number of methoxy groups -OCH3 is 1. The van der Waals surface area contributed by atoms with E-state index in [4.69, 9.17) is 4.74 Å². The summed E-state index contributed by atoms with van der Waals surface area (Å²) in [7, 11) is 4.09. The van der Waals surface area contributed by atoms with Crippen molar-refractivity contribution >= 4 is 13.6 Å². The van der Waals surface area contributed by atoms with E-state index in [1.165, 1.54) is 16.7 Å². The van der Waals surface area contributed by atoms with E-state index in [2.05, 4.69) is 75.9 Å². The van der Waals surface area contributed by atoms with Gasteiger partial charge in [-0.2, -0.15) is 0 Å². The van der Waals surface area contributed by atoms with Crippen molar-refractivity contribution in [2.75, 3.05) is 7.11 Å². The first-order valence-electron chi connectivity index (χ1n) is 12.3. The third-order valence-corrected chi connectivity index (χ3v) is 7.83. The average Bonchev–Trinajstić information content (AvgIpc) is 2.99. The van der Waals surface area contributed by atoms with Crippen LogP contribution in [0.4, 0.5) is 0 Å². The van der Waals surface area contributed by atoms with Crippen LogP contribution in [0.25, 0.3) is 11.1 Å². The summed E-state index contributed by atoms with van der Waals surface area (Å²) in [5.41, 5.74) is 3.62. The lowest BCUT2D eigenvalue weighted by molar-refractivity contribution is -0.124. The third kappa shape index (κ3) is 4.72. The van der Waals surface area contributed by atoms with Gasteiger partial charge in [-0.15, -0.1) is 0 Å². The number of rotatable bonds is 9. The normalized spacial score (nSPS) is 25.7. The fourth-order valence-electron chi connectivity index (χ4n) is 6.10. The second-order valence-electron chi connectivity index (χ2n) is 9.78. The highest BCUT2D eigenvalue weighted by Crippen LogP contribution is 2.54. The van der Waals surface area contributed by atoms with Crippen molar-refractivity contribution in [1.82, 2.24) is 0 Å². The van der Waals surface area contributed by atoms with E-state index in [0.29, 0.717) is 12.2 Å². The molecule has 0 radical (unpaired) electrons. The van der Waals surface area contributed by atoms with Crippen molar-refractivity contribution in [3.8, 4) is 11.1 Å². The van der Waals surface area contributed by atoms with Gasteiger partial charge in [0.15, 0.2) is 0 Å². The molecule has 3 atom stereocenters. The summed E-state index contributed by atoms with van der Waals surface area (Å²) in [5, 5.41) is -0.286. The molecule has 2 aromatic carbocycles. The molecule has 1 saturated carbocycles. The smallest absolute Gasteiger partial charge is 0.135 e. The minimum Gasteiger partial charge on any atom is -0.501 e. The van der Waals surface area contributed by atoms with Gasteiger partial charge in [-0.05, 0) is 47.7 Å². The second kappa shape index (κ2) is 10.6. The topological polar surface area (TPSA) is 26.3 Å². The lowest BCUT2D eigenvalue weighted by Gasteiger charge is -2.44. The van der Waals surface area contributed by atoms with Gasteiger partial charge in [0.2, 0.25) is 0 Å². The largest absolute Gasteiger partial charge is 0.501 e. The summed E-state index contributed by atoms with van der Waals surface area (Å²) in [4.78, 5) is 13.4. The van der Waals surface area contributed by atoms with Crippen molar-refractivity contribution in [1.29, 1.82) is 0 Å². The van der Waals surface area contributed by atoms with Gasteiger partial charge in [0, 0.05) is 17.8 Å². The van der Waals surface area contributed by atoms with Crippen LogP contribution in [0.2, 0.25) is 0 Å². The summed E-state index contributed by atoms with van der Waals surface area (Å²) in [6, 6.07) is 19.3. The van der Waals surface area contributed by atoms with E-state index in [0.717, 1.165) is 50.7 Å². The molecule has 0 N–H and O–H groups in total. The molecular formula is C29H39BO2. The van der Waals surface area contributed by atoms with Crippen molar-refractivity contribution in [3.63, 3.8) is 0 Å². The van der Waals surface area contributed by atoms with E-state index in [1.54, 1.807) is 7.11 Å². The van der Waals surface area contributed by atoms with Crippen LogP contribution in [-0.4, -0.2) is 20.7 Å². The Bertz CT molecular complexity index is 922. The van der Waals surface area contributed by atoms with Gasteiger partial charge < -0.3 is 4.74 Å². The molecule has 170 valence electrons. The van der Waals surface area contributed by atoms with Crippen LogP contribution in [0.5, 0.6) is 0 Å². The van der Waals surface area contributed by atoms with E-state index in [9.17, 15) is 4.79 Å². The number of hydrogen-bond donors (Lipinski definition) is 0. The maximum atomic E-state index is 13.4. The summed E-state index contributed by atoms with van der Waals surface area (Å²) < 4.78 is 5.83. The Kier molecular flexibility index (Phi) is 8.03. The molecule has 2 nitrogen and oxygen atoms in total. The summed E-state index contributed by atoms with van der Waals surface area (Å²) >= 11 is 0. The van der Waals surface area contributed by atoms with Crippen molar-refractivity contribution in [2.24, 2.45) is 11.3 Å². The van der Waals surface area contributed by atoms with Crippen LogP contribution in [0.1, 0.15) is 70.8 Å². The molecule has 0 aromatic heterocycles. The zero-order chi connectivity index (χ0) is 23.2. The summed E-state index contributed by atoms with van der Waals surface area (Å²) in [6.07, 6.45) is 7.83. The van der Waals surface area contributed by atoms with E-state index in [1.807, 2.05) is 6.92 Å². The number of unbranched alkanes of at least 4 members (excludes halogenated alkanes) is 1. The minimum atomic E-state index is -0.286. The number of Topliss-reactive ketones (excluding diaryl/α,β-unsaturated/α-hetero) is 1. The number of carbonyl (C=O) groups is 1.